The maximum Gasteiger partial charge on any atom is 0.242 e. The zero-order chi connectivity index (χ0) is 25.7. The zero-order valence-corrected chi connectivity index (χ0v) is 22.4. The molecule has 1 heterocycles. The summed E-state index contributed by atoms with van der Waals surface area (Å²) in [4.78, 5) is 40.9. The molecular weight excluding hydrogens is 450 g/mol. The number of likely N-dealkylation sites (tertiary alicyclic amines) is 1. The fourth-order valence-electron chi connectivity index (χ4n) is 9.09. The molecular formula is C30H43N3O3. The quantitative estimate of drug-likeness (QED) is 0.652. The number of hydrogen-bond donors (Lipinski definition) is 2. The number of hydrogen-bond acceptors (Lipinski definition) is 3. The third kappa shape index (κ3) is 4.05. The van der Waals surface area contributed by atoms with E-state index in [0.29, 0.717) is 42.5 Å². The third-order valence-corrected chi connectivity index (χ3v) is 11.0. The van der Waals surface area contributed by atoms with E-state index in [4.69, 9.17) is 0 Å². The van der Waals surface area contributed by atoms with Crippen LogP contribution in [-0.2, 0) is 20.8 Å². The minimum Gasteiger partial charge on any atom is -0.357 e. The van der Waals surface area contributed by atoms with Crippen molar-refractivity contribution in [1.82, 2.24) is 15.5 Å². The number of likely N-dealkylation sites (N-methyl/N-ethyl adjacent to an activating group) is 1. The van der Waals surface area contributed by atoms with E-state index >= 15 is 0 Å². The number of rotatable bonds is 5. The van der Waals surface area contributed by atoms with Crippen LogP contribution in [0.15, 0.2) is 30.3 Å². The Kier molecular flexibility index (Phi) is 6.67. The normalized spacial score (nSPS) is 38.4. The molecule has 3 amide bonds. The minimum absolute atomic E-state index is 0.0230. The van der Waals surface area contributed by atoms with Crippen molar-refractivity contribution < 1.29 is 14.4 Å². The first-order valence-electron chi connectivity index (χ1n) is 14.0. The molecule has 1 aliphatic heterocycles. The smallest absolute Gasteiger partial charge is 0.242 e. The Bertz CT molecular complexity index is 1010. The second kappa shape index (κ2) is 9.50. The van der Waals surface area contributed by atoms with Crippen LogP contribution in [0.4, 0.5) is 0 Å². The molecule has 1 aromatic carbocycles. The van der Waals surface area contributed by atoms with Crippen molar-refractivity contribution in [2.24, 2.45) is 34.5 Å². The maximum absolute atomic E-state index is 13.7. The Morgan fingerprint density at radius 2 is 1.72 bits per heavy atom. The van der Waals surface area contributed by atoms with Gasteiger partial charge in [0.05, 0.1) is 0 Å². The van der Waals surface area contributed by atoms with E-state index in [0.717, 1.165) is 50.5 Å². The highest BCUT2D eigenvalue weighted by atomic mass is 16.2. The Morgan fingerprint density at radius 1 is 1.00 bits per heavy atom. The van der Waals surface area contributed by atoms with E-state index in [1.54, 1.807) is 7.05 Å². The molecule has 4 fully saturated rings. The average molecular weight is 494 g/mol. The number of piperidine rings is 1. The highest BCUT2D eigenvalue weighted by Crippen LogP contribution is 2.66. The number of fused-ring (bicyclic) bond motifs is 5. The van der Waals surface area contributed by atoms with Crippen LogP contribution in [0.25, 0.3) is 0 Å². The molecule has 0 aromatic heterocycles. The minimum atomic E-state index is -0.562. The number of benzene rings is 1. The van der Waals surface area contributed by atoms with Crippen LogP contribution in [0, 0.1) is 34.5 Å². The predicted molar refractivity (Wildman–Crippen MR) is 140 cm³/mol. The molecule has 6 nitrogen and oxygen atoms in total. The standard InChI is InChI=1S/C30H43N3O3/c1-29-16-14-22-20(10-13-25-30(22,2)17-15-26(34)33(25)4)21(29)11-12-23(29)27(35)32-24(28(36)31-3)18-19-8-6-5-7-9-19/h5-9,20-25H,10-18H2,1-4H3,(H,31,36)(H,32,35)/t20-,21-,22-,23+,24+,25+,29-,30+/m0/s1. The Morgan fingerprint density at radius 3 is 2.44 bits per heavy atom. The van der Waals surface area contributed by atoms with Crippen LogP contribution in [0.2, 0.25) is 0 Å². The zero-order valence-electron chi connectivity index (χ0n) is 22.4. The lowest BCUT2D eigenvalue weighted by molar-refractivity contribution is -0.159. The fraction of sp³-hybridized carbons (Fsp3) is 0.700. The number of nitrogens with zero attached hydrogens (tertiary/aromatic N) is 1. The molecule has 36 heavy (non-hydrogen) atoms. The summed E-state index contributed by atoms with van der Waals surface area (Å²) in [6.45, 7) is 4.79. The Labute approximate surface area is 216 Å². The summed E-state index contributed by atoms with van der Waals surface area (Å²) in [7, 11) is 3.64. The Balaban J connectivity index is 1.32. The number of carbonyl (C=O) groups is 3. The van der Waals surface area contributed by atoms with Gasteiger partial charge in [-0.15, -0.1) is 0 Å². The summed E-state index contributed by atoms with van der Waals surface area (Å²) in [6.07, 6.45) is 8.60. The van der Waals surface area contributed by atoms with Crippen molar-refractivity contribution in [2.45, 2.75) is 83.7 Å². The van der Waals surface area contributed by atoms with Crippen LogP contribution < -0.4 is 10.6 Å². The summed E-state index contributed by atoms with van der Waals surface area (Å²) in [6, 6.07) is 9.70. The third-order valence-electron chi connectivity index (χ3n) is 11.0. The van der Waals surface area contributed by atoms with Gasteiger partial charge in [0.25, 0.3) is 0 Å². The predicted octanol–water partition coefficient (Wildman–Crippen LogP) is 3.94. The van der Waals surface area contributed by atoms with E-state index in [-0.39, 0.29) is 28.6 Å². The first-order chi connectivity index (χ1) is 17.2. The first-order valence-corrected chi connectivity index (χ1v) is 14.0. The molecule has 0 spiro atoms. The molecule has 8 atom stereocenters. The summed E-state index contributed by atoms with van der Waals surface area (Å²) in [5.41, 5.74) is 1.21. The van der Waals surface area contributed by atoms with Crippen molar-refractivity contribution in [3.8, 4) is 0 Å². The summed E-state index contributed by atoms with van der Waals surface area (Å²) in [5, 5.41) is 5.90. The molecule has 6 heteroatoms. The number of nitrogens with one attached hydrogen (secondary N) is 2. The average Bonchev–Trinajstić information content (AvgIpc) is 3.23. The van der Waals surface area contributed by atoms with E-state index < -0.39 is 6.04 Å². The van der Waals surface area contributed by atoms with Gasteiger partial charge < -0.3 is 15.5 Å². The van der Waals surface area contributed by atoms with Gasteiger partial charge >= 0.3 is 0 Å². The summed E-state index contributed by atoms with van der Waals surface area (Å²) >= 11 is 0. The second-order valence-electron chi connectivity index (χ2n) is 12.5. The first kappa shape index (κ1) is 25.3. The van der Waals surface area contributed by atoms with Gasteiger partial charge in [0.1, 0.15) is 6.04 Å². The lowest BCUT2D eigenvalue weighted by Gasteiger charge is -2.61. The van der Waals surface area contributed by atoms with Crippen LogP contribution in [0.1, 0.15) is 70.8 Å². The van der Waals surface area contributed by atoms with Gasteiger partial charge in [-0.3, -0.25) is 14.4 Å². The van der Waals surface area contributed by atoms with Crippen molar-refractivity contribution >= 4 is 17.7 Å². The molecule has 4 aliphatic rings. The van der Waals surface area contributed by atoms with E-state index in [1.165, 1.54) is 0 Å². The molecule has 0 radical (unpaired) electrons. The molecule has 0 unspecified atom stereocenters. The number of amides is 3. The summed E-state index contributed by atoms with van der Waals surface area (Å²) < 4.78 is 0. The van der Waals surface area contributed by atoms with Gasteiger partial charge in [-0.1, -0.05) is 44.2 Å². The topological polar surface area (TPSA) is 78.5 Å². The molecule has 0 bridgehead atoms. The van der Waals surface area contributed by atoms with E-state index in [2.05, 4.69) is 24.5 Å². The number of carbonyl (C=O) groups excluding carboxylic acids is 3. The highest BCUT2D eigenvalue weighted by Gasteiger charge is 2.62. The van der Waals surface area contributed by atoms with Crippen LogP contribution >= 0.6 is 0 Å². The molecule has 196 valence electrons. The molecule has 5 rings (SSSR count). The van der Waals surface area contributed by atoms with Gasteiger partial charge in [0, 0.05) is 38.9 Å². The van der Waals surface area contributed by atoms with Crippen LogP contribution in [0.3, 0.4) is 0 Å². The Hall–Kier alpha value is -2.37. The molecule has 3 saturated carbocycles. The largest absolute Gasteiger partial charge is 0.357 e. The fourth-order valence-corrected chi connectivity index (χ4v) is 9.09. The van der Waals surface area contributed by atoms with Crippen molar-refractivity contribution in [2.75, 3.05) is 14.1 Å². The lowest BCUT2D eigenvalue weighted by Crippen LogP contribution is -2.61. The van der Waals surface area contributed by atoms with E-state index in [9.17, 15) is 14.4 Å². The van der Waals surface area contributed by atoms with Gasteiger partial charge in [0.15, 0.2) is 0 Å². The molecule has 1 aromatic rings. The van der Waals surface area contributed by atoms with Gasteiger partial charge in [-0.2, -0.15) is 0 Å². The monoisotopic (exact) mass is 493 g/mol. The van der Waals surface area contributed by atoms with E-state index in [1.807, 2.05) is 42.3 Å². The van der Waals surface area contributed by atoms with Gasteiger partial charge in [-0.25, -0.2) is 0 Å². The summed E-state index contributed by atoms with van der Waals surface area (Å²) in [5.74, 6) is 1.96. The highest BCUT2D eigenvalue weighted by molar-refractivity contribution is 5.89. The lowest BCUT2D eigenvalue weighted by atomic mass is 9.47. The maximum atomic E-state index is 13.7. The van der Waals surface area contributed by atoms with Gasteiger partial charge in [0.2, 0.25) is 17.7 Å². The molecule has 1 saturated heterocycles. The van der Waals surface area contributed by atoms with Gasteiger partial charge in [-0.05, 0) is 79.1 Å². The van der Waals surface area contributed by atoms with Crippen molar-refractivity contribution in [3.05, 3.63) is 35.9 Å². The van der Waals surface area contributed by atoms with Crippen molar-refractivity contribution in [3.63, 3.8) is 0 Å². The van der Waals surface area contributed by atoms with Crippen LogP contribution in [0.5, 0.6) is 0 Å². The molecule has 3 aliphatic carbocycles. The molecule has 2 N–H and O–H groups in total. The van der Waals surface area contributed by atoms with Crippen molar-refractivity contribution in [1.29, 1.82) is 0 Å². The SMILES string of the molecule is CNC(=O)[C@@H](Cc1ccccc1)NC(=O)[C@H]1CC[C@H]2[C@@H]3CC[C@H]4N(C)C(=O)CC[C@]4(C)[C@H]3CC[C@]12C. The van der Waals surface area contributed by atoms with Crippen LogP contribution in [-0.4, -0.2) is 48.8 Å². The second-order valence-corrected chi connectivity index (χ2v) is 12.5.